The molecule has 0 amide bonds. The van der Waals surface area contributed by atoms with Crippen LogP contribution in [0.3, 0.4) is 0 Å². The average molecular weight is 705 g/mol. The van der Waals surface area contributed by atoms with E-state index >= 15 is 0 Å². The molecule has 13 nitrogen and oxygen atoms in total. The molecule has 0 radical (unpaired) electrons. The van der Waals surface area contributed by atoms with Crippen molar-refractivity contribution in [1.29, 1.82) is 0 Å². The Kier molecular flexibility index (Phi) is 16.3. The summed E-state index contributed by atoms with van der Waals surface area (Å²) in [6.07, 6.45) is 5.90. The zero-order chi connectivity index (χ0) is 36.8. The summed E-state index contributed by atoms with van der Waals surface area (Å²) >= 11 is 0. The Hall–Kier alpha value is -3.91. The van der Waals surface area contributed by atoms with Crippen molar-refractivity contribution in [3.05, 3.63) is 46.5 Å². The summed E-state index contributed by atoms with van der Waals surface area (Å²) in [4.78, 5) is 36.7. The van der Waals surface area contributed by atoms with E-state index in [9.17, 15) is 45.0 Å². The Morgan fingerprint density at radius 3 is 1.86 bits per heavy atom. The van der Waals surface area contributed by atoms with Gasteiger partial charge in [0, 0.05) is 12.1 Å². The van der Waals surface area contributed by atoms with Crippen molar-refractivity contribution >= 4 is 17.9 Å². The molecular weight excluding hydrogens is 652 g/mol. The number of aromatic carboxylic acids is 1. The fourth-order valence-electron chi connectivity index (χ4n) is 6.15. The molecule has 1 fully saturated rings. The highest BCUT2D eigenvalue weighted by molar-refractivity contribution is 5.97. The number of esters is 1. The molecule has 1 aliphatic heterocycles. The summed E-state index contributed by atoms with van der Waals surface area (Å²) < 4.78 is 21.6. The third-order valence-electron chi connectivity index (χ3n) is 8.91. The smallest absolute Gasteiger partial charge is 0.347 e. The highest BCUT2D eigenvalue weighted by Crippen LogP contribution is 2.34. The van der Waals surface area contributed by atoms with Gasteiger partial charge < -0.3 is 49.6 Å². The van der Waals surface area contributed by atoms with Crippen molar-refractivity contribution in [3.63, 3.8) is 0 Å². The molecule has 50 heavy (non-hydrogen) atoms. The van der Waals surface area contributed by atoms with Gasteiger partial charge in [-0.2, -0.15) is 0 Å². The first kappa shape index (κ1) is 40.5. The number of aryl methyl sites for hydroxylation is 2. The maximum atomic E-state index is 13.5. The monoisotopic (exact) mass is 704 g/mol. The number of aliphatic carboxylic acids is 1. The lowest BCUT2D eigenvalue weighted by Gasteiger charge is -2.38. The van der Waals surface area contributed by atoms with E-state index in [1.165, 1.54) is 83.6 Å². The maximum Gasteiger partial charge on any atom is 0.347 e. The Morgan fingerprint density at radius 1 is 0.740 bits per heavy atom. The number of aromatic hydroxyl groups is 1. The zero-order valence-electron chi connectivity index (χ0n) is 29.1. The van der Waals surface area contributed by atoms with Crippen LogP contribution in [0, 0.1) is 6.92 Å². The number of ether oxygens (including phenoxy) is 4. The molecule has 5 atom stereocenters. The van der Waals surface area contributed by atoms with Gasteiger partial charge in [0.15, 0.2) is 6.10 Å². The number of phenols is 1. The molecule has 1 heterocycles. The number of hydrogen-bond acceptors (Lipinski definition) is 11. The van der Waals surface area contributed by atoms with Crippen molar-refractivity contribution in [2.45, 2.75) is 134 Å². The van der Waals surface area contributed by atoms with Gasteiger partial charge in [-0.15, -0.1) is 0 Å². The zero-order valence-corrected chi connectivity index (χ0v) is 29.1. The predicted molar refractivity (Wildman–Crippen MR) is 182 cm³/mol. The second kappa shape index (κ2) is 20.1. The number of rotatable bonds is 21. The lowest BCUT2D eigenvalue weighted by molar-refractivity contribution is -0.271. The van der Waals surface area contributed by atoms with E-state index in [1.807, 2.05) is 0 Å². The van der Waals surface area contributed by atoms with Gasteiger partial charge in [-0.1, -0.05) is 84.0 Å². The second-order valence-corrected chi connectivity index (χ2v) is 12.8. The number of methoxy groups -OCH3 is 1. The normalized spacial score (nSPS) is 20.3. The Morgan fingerprint density at radius 2 is 1.32 bits per heavy atom. The molecule has 278 valence electrons. The van der Waals surface area contributed by atoms with Crippen LogP contribution in [0.1, 0.15) is 122 Å². The number of unbranched alkanes of at least 4 members (excludes halogenated alkanes) is 12. The number of carboxylic acids is 2. The van der Waals surface area contributed by atoms with E-state index in [-0.39, 0.29) is 33.9 Å². The van der Waals surface area contributed by atoms with E-state index in [4.69, 9.17) is 18.9 Å². The Labute approximate surface area is 292 Å². The van der Waals surface area contributed by atoms with Gasteiger partial charge in [-0.25, -0.2) is 14.4 Å². The topological polar surface area (TPSA) is 210 Å². The predicted octanol–water partition coefficient (Wildman–Crippen LogP) is 5.53. The molecule has 0 unspecified atom stereocenters. The van der Waals surface area contributed by atoms with Crippen LogP contribution in [0.25, 0.3) is 0 Å². The van der Waals surface area contributed by atoms with E-state index in [1.54, 1.807) is 0 Å². The number of aliphatic hydroxyl groups excluding tert-OH is 3. The molecule has 0 aromatic heterocycles. The van der Waals surface area contributed by atoms with Crippen LogP contribution in [-0.2, 0) is 16.0 Å². The van der Waals surface area contributed by atoms with Crippen molar-refractivity contribution in [1.82, 2.24) is 0 Å². The van der Waals surface area contributed by atoms with Crippen LogP contribution < -0.4 is 14.2 Å². The maximum absolute atomic E-state index is 13.5. The highest BCUT2D eigenvalue weighted by Gasteiger charge is 2.48. The third-order valence-corrected chi connectivity index (χ3v) is 8.91. The minimum Gasteiger partial charge on any atom is -0.507 e. The molecule has 3 rings (SSSR count). The Bertz CT molecular complexity index is 1420. The minimum atomic E-state index is -1.91. The van der Waals surface area contributed by atoms with Crippen molar-refractivity contribution in [3.8, 4) is 23.0 Å². The molecule has 0 saturated carbocycles. The molecule has 0 spiro atoms. The van der Waals surface area contributed by atoms with E-state index < -0.39 is 54.4 Å². The standard InChI is InChI=1S/C37H52O13/c1-4-5-6-7-8-9-10-11-12-13-14-15-16-17-23-19-25(49-37-32(41)30(39)31(40)33(50-37)35(44)45)20-26(38)29(23)36(46)48-24-18-22(2)28(34(42)43)27(21-24)47-3/h18-21,30-33,37-41H,4-17H2,1-3H3,(H,42,43)(H,44,45)/t30-,31-,32+,33-,37+/m0/s1. The summed E-state index contributed by atoms with van der Waals surface area (Å²) in [6, 6.07) is 5.12. The first-order valence-electron chi connectivity index (χ1n) is 17.5. The molecule has 2 aromatic carbocycles. The number of hydrogen-bond donors (Lipinski definition) is 6. The molecule has 2 aromatic rings. The van der Waals surface area contributed by atoms with Crippen molar-refractivity contribution < 1.29 is 64.0 Å². The summed E-state index contributed by atoms with van der Waals surface area (Å²) in [5, 5.41) is 60.6. The molecule has 0 bridgehead atoms. The molecule has 1 saturated heterocycles. The van der Waals surface area contributed by atoms with Crippen LogP contribution >= 0.6 is 0 Å². The van der Waals surface area contributed by atoms with E-state index in [0.717, 1.165) is 31.7 Å². The summed E-state index contributed by atoms with van der Waals surface area (Å²) in [5.74, 6) is -4.38. The molecule has 13 heteroatoms. The van der Waals surface area contributed by atoms with Crippen molar-refractivity contribution in [2.24, 2.45) is 0 Å². The molecule has 1 aliphatic rings. The average Bonchev–Trinajstić information content (AvgIpc) is 3.06. The Balaban J connectivity index is 1.74. The summed E-state index contributed by atoms with van der Waals surface area (Å²) in [7, 11) is 1.29. The van der Waals surface area contributed by atoms with Crippen LogP contribution in [0.2, 0.25) is 0 Å². The van der Waals surface area contributed by atoms with Crippen LogP contribution in [0.4, 0.5) is 0 Å². The van der Waals surface area contributed by atoms with Gasteiger partial charge in [0.1, 0.15) is 52.4 Å². The van der Waals surface area contributed by atoms with Crippen LogP contribution in [0.5, 0.6) is 23.0 Å². The largest absolute Gasteiger partial charge is 0.507 e. The van der Waals surface area contributed by atoms with Gasteiger partial charge in [0.25, 0.3) is 0 Å². The molecular formula is C37H52O13. The van der Waals surface area contributed by atoms with Crippen LogP contribution in [-0.4, -0.2) is 86.4 Å². The minimum absolute atomic E-state index is 0.00743. The number of benzene rings is 2. The van der Waals surface area contributed by atoms with Crippen LogP contribution in [0.15, 0.2) is 24.3 Å². The summed E-state index contributed by atoms with van der Waals surface area (Å²) in [6.45, 7) is 3.74. The first-order chi connectivity index (χ1) is 23.9. The van der Waals surface area contributed by atoms with Gasteiger partial charge in [0.2, 0.25) is 6.29 Å². The number of carboxylic acid groups (broad SMARTS) is 2. The van der Waals surface area contributed by atoms with Gasteiger partial charge in [0.05, 0.1) is 7.11 Å². The lowest BCUT2D eigenvalue weighted by Crippen LogP contribution is -2.61. The van der Waals surface area contributed by atoms with Crippen molar-refractivity contribution in [2.75, 3.05) is 7.11 Å². The number of phenolic OH excluding ortho intramolecular Hbond substituents is 1. The number of aliphatic hydroxyl groups is 3. The van der Waals surface area contributed by atoms with Gasteiger partial charge in [-0.05, 0) is 43.0 Å². The lowest BCUT2D eigenvalue weighted by atomic mass is 9.98. The number of carbonyl (C=O) groups excluding carboxylic acids is 1. The molecule has 0 aliphatic carbocycles. The van der Waals surface area contributed by atoms with E-state index in [0.29, 0.717) is 18.4 Å². The van der Waals surface area contributed by atoms with Gasteiger partial charge >= 0.3 is 17.9 Å². The fourth-order valence-corrected chi connectivity index (χ4v) is 6.15. The second-order valence-electron chi connectivity index (χ2n) is 12.8. The number of carbonyl (C=O) groups is 3. The quantitative estimate of drug-likeness (QED) is 0.0537. The SMILES string of the molecule is CCCCCCCCCCCCCCCc1cc(O[C@@H]2O[C@H](C(=O)O)[C@@H](O)[C@H](O)[C@H]2O)cc(O)c1C(=O)Oc1cc(C)c(C(=O)O)c(OC)c1. The fraction of sp³-hybridized carbons (Fsp3) is 0.595. The molecule has 6 N–H and O–H groups in total. The highest BCUT2D eigenvalue weighted by atomic mass is 16.7. The van der Waals surface area contributed by atoms with Gasteiger partial charge in [-0.3, -0.25) is 0 Å². The van der Waals surface area contributed by atoms with E-state index in [2.05, 4.69) is 6.92 Å². The summed E-state index contributed by atoms with van der Waals surface area (Å²) in [5.41, 5.74) is 0.367. The first-order valence-corrected chi connectivity index (χ1v) is 17.5. The third kappa shape index (κ3) is 11.3.